The third kappa shape index (κ3) is 12.9. The van der Waals surface area contributed by atoms with E-state index in [2.05, 4.69) is 28.4 Å². The summed E-state index contributed by atoms with van der Waals surface area (Å²) in [5.41, 5.74) is 2.12. The Balaban J connectivity index is 1.23. The first kappa shape index (κ1) is 33.5. The summed E-state index contributed by atoms with van der Waals surface area (Å²) >= 11 is 0. The van der Waals surface area contributed by atoms with Crippen molar-refractivity contribution >= 4 is 28.4 Å². The SMILES string of the molecule is COCCOCCOCCOCCOCCOCCNC(=O)C(C#N)=Cc1ccc2cc(N3CCCCC3)ccc2c1. The number of methoxy groups -OCH3 is 1. The van der Waals surface area contributed by atoms with Crippen molar-refractivity contribution in [3.8, 4) is 6.07 Å². The summed E-state index contributed by atoms with van der Waals surface area (Å²) in [6.07, 6.45) is 5.40. The normalized spacial score (nSPS) is 13.8. The number of benzene rings is 2. The number of fused-ring (bicyclic) bond motifs is 1. The molecule has 1 aliphatic rings. The number of carbonyl (C=O) groups excluding carboxylic acids is 1. The number of rotatable bonds is 21. The van der Waals surface area contributed by atoms with Crippen LogP contribution in [0.1, 0.15) is 24.8 Å². The van der Waals surface area contributed by atoms with E-state index in [9.17, 15) is 10.1 Å². The van der Waals surface area contributed by atoms with Gasteiger partial charge in [-0.1, -0.05) is 18.2 Å². The lowest BCUT2D eigenvalue weighted by molar-refractivity contribution is -0.117. The molecule has 10 heteroatoms. The van der Waals surface area contributed by atoms with Crippen molar-refractivity contribution in [3.05, 3.63) is 47.5 Å². The van der Waals surface area contributed by atoms with Crippen LogP contribution in [0.15, 0.2) is 42.0 Å². The van der Waals surface area contributed by atoms with Gasteiger partial charge in [-0.15, -0.1) is 0 Å². The third-order valence-electron chi connectivity index (χ3n) is 6.70. The summed E-state index contributed by atoms with van der Waals surface area (Å²) in [6, 6.07) is 14.5. The van der Waals surface area contributed by atoms with Gasteiger partial charge in [-0.25, -0.2) is 0 Å². The zero-order valence-corrected chi connectivity index (χ0v) is 24.8. The van der Waals surface area contributed by atoms with Crippen LogP contribution in [0, 0.1) is 11.3 Å². The number of carbonyl (C=O) groups is 1. The Morgan fingerprint density at radius 1 is 0.786 bits per heavy atom. The van der Waals surface area contributed by atoms with Gasteiger partial charge in [0.15, 0.2) is 0 Å². The first-order valence-electron chi connectivity index (χ1n) is 14.8. The minimum atomic E-state index is -0.419. The molecule has 3 rings (SSSR count). The van der Waals surface area contributed by atoms with Crippen molar-refractivity contribution in [1.82, 2.24) is 5.32 Å². The lowest BCUT2D eigenvalue weighted by Gasteiger charge is -2.29. The second-order valence-corrected chi connectivity index (χ2v) is 9.82. The largest absolute Gasteiger partial charge is 0.382 e. The Morgan fingerprint density at radius 3 is 1.93 bits per heavy atom. The molecule has 0 aliphatic carbocycles. The van der Waals surface area contributed by atoms with E-state index < -0.39 is 5.91 Å². The van der Waals surface area contributed by atoms with Crippen LogP contribution in [0.3, 0.4) is 0 Å². The molecular weight excluding hydrogens is 538 g/mol. The quantitative estimate of drug-likeness (QED) is 0.134. The molecule has 0 radical (unpaired) electrons. The molecule has 2 aromatic carbocycles. The fraction of sp³-hybridized carbons (Fsp3) is 0.562. The van der Waals surface area contributed by atoms with E-state index in [1.165, 1.54) is 24.9 Å². The zero-order valence-electron chi connectivity index (χ0n) is 24.8. The topological polar surface area (TPSA) is 112 Å². The van der Waals surface area contributed by atoms with Gasteiger partial charge >= 0.3 is 0 Å². The summed E-state index contributed by atoms with van der Waals surface area (Å²) in [5.74, 6) is -0.419. The molecule has 1 aliphatic heterocycles. The molecule has 42 heavy (non-hydrogen) atoms. The lowest BCUT2D eigenvalue weighted by atomic mass is 10.0. The average molecular weight is 584 g/mol. The van der Waals surface area contributed by atoms with Crippen LogP contribution >= 0.6 is 0 Å². The second kappa shape index (κ2) is 20.8. The predicted molar refractivity (Wildman–Crippen MR) is 163 cm³/mol. The van der Waals surface area contributed by atoms with Crippen molar-refractivity contribution in [2.45, 2.75) is 19.3 Å². The van der Waals surface area contributed by atoms with Gasteiger partial charge in [0, 0.05) is 32.4 Å². The van der Waals surface area contributed by atoms with Crippen LogP contribution in [0.4, 0.5) is 5.69 Å². The van der Waals surface area contributed by atoms with Crippen LogP contribution in [0.5, 0.6) is 0 Å². The van der Waals surface area contributed by atoms with Crippen LogP contribution in [-0.2, 0) is 33.2 Å². The van der Waals surface area contributed by atoms with E-state index in [1.54, 1.807) is 13.2 Å². The molecule has 0 atom stereocenters. The first-order valence-corrected chi connectivity index (χ1v) is 14.8. The number of nitrogens with zero attached hydrogens (tertiary/aromatic N) is 2. The fourth-order valence-electron chi connectivity index (χ4n) is 4.46. The standard InChI is InChI=1S/C32H45N3O7/c1-37-13-14-39-17-18-41-21-22-42-20-19-40-16-15-38-12-9-34-32(36)30(26-33)24-27-5-6-29-25-31(8-7-28(29)23-27)35-10-3-2-4-11-35/h5-8,23-25H,2-4,9-22H2,1H3,(H,34,36). The Kier molecular flexibility index (Phi) is 16.6. The highest BCUT2D eigenvalue weighted by molar-refractivity contribution is 6.02. The number of hydrogen-bond acceptors (Lipinski definition) is 9. The molecular formula is C32H45N3O7. The molecule has 1 N–H and O–H groups in total. The first-order chi connectivity index (χ1) is 20.7. The number of anilines is 1. The van der Waals surface area contributed by atoms with Crippen molar-refractivity contribution in [2.75, 3.05) is 104 Å². The summed E-state index contributed by atoms with van der Waals surface area (Å²) in [5, 5.41) is 14.5. The summed E-state index contributed by atoms with van der Waals surface area (Å²) in [6.45, 7) is 7.82. The molecule has 2 aromatic rings. The van der Waals surface area contributed by atoms with Crippen molar-refractivity contribution in [3.63, 3.8) is 0 Å². The minimum absolute atomic E-state index is 0.0587. The third-order valence-corrected chi connectivity index (χ3v) is 6.70. The molecule has 0 aromatic heterocycles. The highest BCUT2D eigenvalue weighted by Crippen LogP contribution is 2.26. The van der Waals surface area contributed by atoms with E-state index >= 15 is 0 Å². The molecule has 0 unspecified atom stereocenters. The number of amides is 1. The van der Waals surface area contributed by atoms with Crippen molar-refractivity contribution in [2.24, 2.45) is 0 Å². The molecule has 1 amide bonds. The second-order valence-electron chi connectivity index (χ2n) is 9.82. The maximum absolute atomic E-state index is 12.5. The summed E-state index contributed by atoms with van der Waals surface area (Å²) in [7, 11) is 1.64. The van der Waals surface area contributed by atoms with Crippen LogP contribution in [0.25, 0.3) is 16.8 Å². The number of nitrogens with one attached hydrogen (secondary N) is 1. The molecule has 0 saturated carbocycles. The van der Waals surface area contributed by atoms with Crippen LogP contribution in [0.2, 0.25) is 0 Å². The van der Waals surface area contributed by atoms with Gasteiger partial charge in [-0.2, -0.15) is 5.26 Å². The van der Waals surface area contributed by atoms with Gasteiger partial charge in [0.25, 0.3) is 5.91 Å². The molecule has 1 saturated heterocycles. The van der Waals surface area contributed by atoms with Crippen molar-refractivity contribution in [1.29, 1.82) is 5.26 Å². The van der Waals surface area contributed by atoms with Gasteiger partial charge in [0.1, 0.15) is 11.6 Å². The maximum Gasteiger partial charge on any atom is 0.262 e. The summed E-state index contributed by atoms with van der Waals surface area (Å²) in [4.78, 5) is 14.9. The van der Waals surface area contributed by atoms with Crippen LogP contribution in [-0.4, -0.2) is 105 Å². The van der Waals surface area contributed by atoms with Gasteiger partial charge in [0.2, 0.25) is 0 Å². The van der Waals surface area contributed by atoms with Crippen molar-refractivity contribution < 1.29 is 33.2 Å². The smallest absolute Gasteiger partial charge is 0.262 e. The van der Waals surface area contributed by atoms with Gasteiger partial charge in [0.05, 0.1) is 72.7 Å². The molecule has 1 fully saturated rings. The predicted octanol–water partition coefficient (Wildman–Crippen LogP) is 3.58. The van der Waals surface area contributed by atoms with Gasteiger partial charge in [-0.3, -0.25) is 4.79 Å². The molecule has 230 valence electrons. The average Bonchev–Trinajstić information content (AvgIpc) is 3.03. The molecule has 0 bridgehead atoms. The molecule has 1 heterocycles. The van der Waals surface area contributed by atoms with E-state index in [0.717, 1.165) is 29.4 Å². The monoisotopic (exact) mass is 583 g/mol. The van der Waals surface area contributed by atoms with Crippen LogP contribution < -0.4 is 10.2 Å². The van der Waals surface area contributed by atoms with E-state index in [1.807, 2.05) is 24.3 Å². The van der Waals surface area contributed by atoms with E-state index in [4.69, 9.17) is 28.4 Å². The Morgan fingerprint density at radius 2 is 1.33 bits per heavy atom. The Labute approximate surface area is 249 Å². The number of piperidine rings is 1. The summed E-state index contributed by atoms with van der Waals surface area (Å²) < 4.78 is 32.0. The lowest BCUT2D eigenvalue weighted by Crippen LogP contribution is -2.29. The number of ether oxygens (including phenoxy) is 6. The minimum Gasteiger partial charge on any atom is -0.382 e. The fourth-order valence-corrected chi connectivity index (χ4v) is 4.46. The van der Waals surface area contributed by atoms with E-state index in [0.29, 0.717) is 79.2 Å². The Bertz CT molecular complexity index is 1130. The zero-order chi connectivity index (χ0) is 29.7. The van der Waals surface area contributed by atoms with Gasteiger partial charge in [-0.05, 0) is 59.9 Å². The van der Waals surface area contributed by atoms with E-state index in [-0.39, 0.29) is 5.57 Å². The number of nitriles is 1. The number of hydrogen-bond donors (Lipinski definition) is 1. The molecule has 10 nitrogen and oxygen atoms in total. The Hall–Kier alpha value is -3.04. The molecule has 0 spiro atoms. The highest BCUT2D eigenvalue weighted by atomic mass is 16.6. The van der Waals surface area contributed by atoms with Gasteiger partial charge < -0.3 is 38.6 Å². The maximum atomic E-state index is 12.5. The highest BCUT2D eigenvalue weighted by Gasteiger charge is 2.12.